The van der Waals surface area contributed by atoms with Gasteiger partial charge >= 0.3 is 0 Å². The summed E-state index contributed by atoms with van der Waals surface area (Å²) in [6.07, 6.45) is 0. The molecule has 0 radical (unpaired) electrons. The molecule has 1 aromatic heterocycles. The molecule has 1 fully saturated rings. The van der Waals surface area contributed by atoms with Gasteiger partial charge in [-0.2, -0.15) is 4.98 Å². The molecule has 0 atom stereocenters. The molecule has 0 aliphatic carbocycles. The number of nitrogens with zero attached hydrogens (tertiary/aromatic N) is 3. The van der Waals surface area contributed by atoms with Crippen LogP contribution in [0.15, 0.2) is 42.5 Å². The lowest BCUT2D eigenvalue weighted by Crippen LogP contribution is -2.46. The smallest absolute Gasteiger partial charge is 0.215 e. The molecular weight excluding hydrogens is 302 g/mol. The van der Waals surface area contributed by atoms with Gasteiger partial charge in [0.2, 0.25) is 5.88 Å². The predicted octanol–water partition coefficient (Wildman–Crippen LogP) is 2.29. The second-order valence-electron chi connectivity index (χ2n) is 6.00. The zero-order valence-electron chi connectivity index (χ0n) is 14.2. The third-order valence-electron chi connectivity index (χ3n) is 4.31. The predicted molar refractivity (Wildman–Crippen MR) is 95.3 cm³/mol. The average Bonchev–Trinajstić information content (AvgIpc) is 2.63. The van der Waals surface area contributed by atoms with E-state index in [0.29, 0.717) is 12.5 Å². The maximum atomic E-state index is 9.11. The molecule has 1 aliphatic rings. The second kappa shape index (κ2) is 8.13. The first-order valence-corrected chi connectivity index (χ1v) is 8.54. The van der Waals surface area contributed by atoms with Gasteiger partial charge in [0.25, 0.3) is 0 Å². The lowest BCUT2D eigenvalue weighted by molar-refractivity contribution is 0.248. The monoisotopic (exact) mass is 327 g/mol. The molecule has 0 bridgehead atoms. The van der Waals surface area contributed by atoms with Crippen LogP contribution in [0.2, 0.25) is 0 Å². The Hall–Kier alpha value is -2.11. The van der Waals surface area contributed by atoms with Crippen LogP contribution < -0.4 is 9.64 Å². The Morgan fingerprint density at radius 1 is 1.00 bits per heavy atom. The number of aromatic nitrogens is 1. The van der Waals surface area contributed by atoms with Crippen LogP contribution in [0.3, 0.4) is 0 Å². The number of piperazine rings is 1. The maximum Gasteiger partial charge on any atom is 0.215 e. The van der Waals surface area contributed by atoms with Gasteiger partial charge in [0.05, 0.1) is 13.2 Å². The number of aliphatic hydroxyl groups excluding tert-OH is 1. The van der Waals surface area contributed by atoms with E-state index in [1.807, 2.05) is 37.3 Å². The average molecular weight is 327 g/mol. The molecule has 1 saturated heterocycles. The van der Waals surface area contributed by atoms with Crippen molar-refractivity contribution >= 4 is 5.82 Å². The number of hydrogen-bond acceptors (Lipinski definition) is 5. The van der Waals surface area contributed by atoms with Crippen molar-refractivity contribution in [3.63, 3.8) is 0 Å². The number of aliphatic hydroxyl groups is 1. The molecule has 2 heterocycles. The van der Waals surface area contributed by atoms with Crippen molar-refractivity contribution in [2.24, 2.45) is 0 Å². The third kappa shape index (κ3) is 4.24. The molecular formula is C19H25N3O2. The summed E-state index contributed by atoms with van der Waals surface area (Å²) in [6.45, 7) is 7.64. The molecule has 1 aliphatic heterocycles. The van der Waals surface area contributed by atoms with Crippen LogP contribution in [0.5, 0.6) is 5.88 Å². The number of anilines is 1. The van der Waals surface area contributed by atoms with E-state index >= 15 is 0 Å². The zero-order chi connectivity index (χ0) is 16.8. The van der Waals surface area contributed by atoms with Crippen LogP contribution in [0.4, 0.5) is 5.82 Å². The van der Waals surface area contributed by atoms with Gasteiger partial charge in [-0.05, 0) is 24.1 Å². The first kappa shape index (κ1) is 16.7. The largest absolute Gasteiger partial charge is 0.478 e. The lowest BCUT2D eigenvalue weighted by atomic mass is 10.1. The van der Waals surface area contributed by atoms with E-state index in [4.69, 9.17) is 9.84 Å². The molecule has 128 valence electrons. The molecule has 5 heteroatoms. The number of rotatable bonds is 6. The Morgan fingerprint density at radius 3 is 2.38 bits per heavy atom. The van der Waals surface area contributed by atoms with Crippen LogP contribution in [-0.4, -0.2) is 47.8 Å². The summed E-state index contributed by atoms with van der Waals surface area (Å²) in [7, 11) is 0. The molecule has 5 nitrogen and oxygen atoms in total. The Kier molecular flexibility index (Phi) is 5.67. The first-order chi connectivity index (χ1) is 11.8. The van der Waals surface area contributed by atoms with Crippen molar-refractivity contribution in [3.05, 3.63) is 53.6 Å². The van der Waals surface area contributed by atoms with Gasteiger partial charge < -0.3 is 14.7 Å². The Labute approximate surface area is 143 Å². The highest BCUT2D eigenvalue weighted by Gasteiger charge is 2.18. The third-order valence-corrected chi connectivity index (χ3v) is 4.31. The fourth-order valence-corrected chi connectivity index (χ4v) is 2.95. The molecule has 2 aromatic rings. The summed E-state index contributed by atoms with van der Waals surface area (Å²) in [5, 5.41) is 9.11. The van der Waals surface area contributed by atoms with Gasteiger partial charge in [-0.25, -0.2) is 0 Å². The minimum Gasteiger partial charge on any atom is -0.478 e. The Morgan fingerprint density at radius 2 is 1.71 bits per heavy atom. The molecule has 0 saturated carbocycles. The van der Waals surface area contributed by atoms with E-state index in [-0.39, 0.29) is 6.61 Å². The topological polar surface area (TPSA) is 48.8 Å². The van der Waals surface area contributed by atoms with Crippen molar-refractivity contribution in [2.45, 2.75) is 20.1 Å². The molecule has 1 N–H and O–H groups in total. The van der Waals surface area contributed by atoms with Crippen LogP contribution in [0.1, 0.15) is 18.1 Å². The molecule has 0 spiro atoms. The van der Waals surface area contributed by atoms with Crippen molar-refractivity contribution < 1.29 is 9.84 Å². The summed E-state index contributed by atoms with van der Waals surface area (Å²) in [5.74, 6) is 1.69. The fraction of sp³-hybridized carbons (Fsp3) is 0.421. The number of benzene rings is 1. The van der Waals surface area contributed by atoms with Crippen LogP contribution in [0.25, 0.3) is 0 Å². The van der Waals surface area contributed by atoms with Gasteiger partial charge in [0.1, 0.15) is 5.82 Å². The fourth-order valence-electron chi connectivity index (χ4n) is 2.95. The van der Waals surface area contributed by atoms with E-state index in [9.17, 15) is 0 Å². The minimum absolute atomic E-state index is 0.104. The van der Waals surface area contributed by atoms with Gasteiger partial charge in [-0.1, -0.05) is 30.3 Å². The SMILES string of the molecule is CCOc1cccc(N2CCN(Cc3ccc(CO)cc3)CC2)n1. The molecule has 3 rings (SSSR count). The van der Waals surface area contributed by atoms with Crippen LogP contribution in [-0.2, 0) is 13.2 Å². The summed E-state index contributed by atoms with van der Waals surface area (Å²) in [6, 6.07) is 14.1. The van der Waals surface area contributed by atoms with Gasteiger partial charge in [0.15, 0.2) is 0 Å². The summed E-state index contributed by atoms with van der Waals surface area (Å²) in [4.78, 5) is 9.34. The summed E-state index contributed by atoms with van der Waals surface area (Å²) in [5.41, 5.74) is 2.25. The first-order valence-electron chi connectivity index (χ1n) is 8.54. The van der Waals surface area contributed by atoms with Crippen molar-refractivity contribution in [1.29, 1.82) is 0 Å². The van der Waals surface area contributed by atoms with E-state index in [0.717, 1.165) is 44.1 Å². The quantitative estimate of drug-likeness (QED) is 0.882. The van der Waals surface area contributed by atoms with Gasteiger partial charge in [0, 0.05) is 38.8 Å². The highest BCUT2D eigenvalue weighted by atomic mass is 16.5. The number of ether oxygens (including phenoxy) is 1. The zero-order valence-corrected chi connectivity index (χ0v) is 14.2. The van der Waals surface area contributed by atoms with Crippen molar-refractivity contribution in [3.8, 4) is 5.88 Å². The number of hydrogen-bond donors (Lipinski definition) is 1. The van der Waals surface area contributed by atoms with Crippen molar-refractivity contribution in [2.75, 3.05) is 37.7 Å². The Bertz CT molecular complexity index is 637. The number of pyridine rings is 1. The van der Waals surface area contributed by atoms with E-state index in [1.54, 1.807) is 0 Å². The van der Waals surface area contributed by atoms with Gasteiger partial charge in [-0.3, -0.25) is 4.90 Å². The molecule has 24 heavy (non-hydrogen) atoms. The normalized spacial score (nSPS) is 15.5. The highest BCUT2D eigenvalue weighted by molar-refractivity contribution is 5.41. The van der Waals surface area contributed by atoms with E-state index < -0.39 is 0 Å². The minimum atomic E-state index is 0.104. The van der Waals surface area contributed by atoms with E-state index in [2.05, 4.69) is 26.9 Å². The second-order valence-corrected chi connectivity index (χ2v) is 6.00. The standard InChI is InChI=1S/C19H25N3O2/c1-2-24-19-5-3-4-18(20-19)22-12-10-21(11-13-22)14-16-6-8-17(15-23)9-7-16/h3-9,23H,2,10-15H2,1H3. The summed E-state index contributed by atoms with van der Waals surface area (Å²) >= 11 is 0. The maximum absolute atomic E-state index is 9.11. The summed E-state index contributed by atoms with van der Waals surface area (Å²) < 4.78 is 5.49. The van der Waals surface area contributed by atoms with E-state index in [1.165, 1.54) is 5.56 Å². The Balaban J connectivity index is 1.54. The van der Waals surface area contributed by atoms with Gasteiger partial charge in [-0.15, -0.1) is 0 Å². The van der Waals surface area contributed by atoms with Crippen LogP contribution in [0, 0.1) is 0 Å². The van der Waals surface area contributed by atoms with Crippen LogP contribution >= 0.6 is 0 Å². The van der Waals surface area contributed by atoms with Crippen molar-refractivity contribution in [1.82, 2.24) is 9.88 Å². The highest BCUT2D eigenvalue weighted by Crippen LogP contribution is 2.18. The molecule has 1 aromatic carbocycles. The lowest BCUT2D eigenvalue weighted by Gasteiger charge is -2.35. The molecule has 0 unspecified atom stereocenters. The molecule has 0 amide bonds.